The Kier molecular flexibility index (Phi) is 3.97. The molecule has 1 aromatic heterocycles. The Bertz CT molecular complexity index is 647. The fourth-order valence-electron chi connectivity index (χ4n) is 3.35. The lowest BCUT2D eigenvalue weighted by atomic mass is 10.0. The SMILES string of the molecule is CCCC1CCN(Cc2c(C(=O)O)oc3ccccc23)C1. The molecule has 4 nitrogen and oxygen atoms in total. The third-order valence-corrected chi connectivity index (χ3v) is 4.34. The fraction of sp³-hybridized carbons (Fsp3) is 0.471. The molecule has 1 unspecified atom stereocenters. The van der Waals surface area contributed by atoms with E-state index in [0.717, 1.165) is 30.0 Å². The molecule has 4 heteroatoms. The summed E-state index contributed by atoms with van der Waals surface area (Å²) in [6.07, 6.45) is 3.69. The normalized spacial score (nSPS) is 19.4. The molecule has 2 aromatic rings. The van der Waals surface area contributed by atoms with Gasteiger partial charge in [-0.3, -0.25) is 4.90 Å². The van der Waals surface area contributed by atoms with E-state index < -0.39 is 5.97 Å². The number of carbonyl (C=O) groups is 1. The minimum atomic E-state index is -0.981. The highest BCUT2D eigenvalue weighted by Gasteiger charge is 2.26. The number of fused-ring (bicyclic) bond motifs is 1. The van der Waals surface area contributed by atoms with Gasteiger partial charge in [0.15, 0.2) is 0 Å². The van der Waals surface area contributed by atoms with Crippen LogP contribution in [-0.2, 0) is 6.54 Å². The fourth-order valence-corrected chi connectivity index (χ4v) is 3.35. The number of nitrogens with zero attached hydrogens (tertiary/aromatic N) is 1. The molecule has 1 N–H and O–H groups in total. The molecule has 1 aromatic carbocycles. The first-order chi connectivity index (χ1) is 10.2. The number of carboxylic acid groups (broad SMARTS) is 1. The molecule has 3 rings (SSSR count). The lowest BCUT2D eigenvalue weighted by Crippen LogP contribution is -2.21. The van der Waals surface area contributed by atoms with Gasteiger partial charge >= 0.3 is 5.97 Å². The van der Waals surface area contributed by atoms with Gasteiger partial charge in [0.1, 0.15) is 5.58 Å². The van der Waals surface area contributed by atoms with Crippen LogP contribution in [0.15, 0.2) is 28.7 Å². The topological polar surface area (TPSA) is 53.7 Å². The number of rotatable bonds is 5. The third kappa shape index (κ3) is 2.81. The lowest BCUT2D eigenvalue weighted by Gasteiger charge is -2.15. The van der Waals surface area contributed by atoms with Gasteiger partial charge in [-0.2, -0.15) is 0 Å². The summed E-state index contributed by atoms with van der Waals surface area (Å²) in [5.74, 6) is -0.137. The van der Waals surface area contributed by atoms with Crippen LogP contribution in [0.2, 0.25) is 0 Å². The maximum Gasteiger partial charge on any atom is 0.372 e. The summed E-state index contributed by atoms with van der Waals surface area (Å²) < 4.78 is 5.52. The minimum absolute atomic E-state index is 0.0927. The number of benzene rings is 1. The van der Waals surface area contributed by atoms with Crippen molar-refractivity contribution >= 4 is 16.9 Å². The molecule has 1 aliphatic heterocycles. The molecule has 112 valence electrons. The molecule has 0 amide bonds. The van der Waals surface area contributed by atoms with Crippen LogP contribution in [0.3, 0.4) is 0 Å². The Balaban J connectivity index is 1.86. The molecule has 1 fully saturated rings. The van der Waals surface area contributed by atoms with E-state index in [9.17, 15) is 9.90 Å². The molecule has 0 spiro atoms. The van der Waals surface area contributed by atoms with E-state index >= 15 is 0 Å². The Labute approximate surface area is 124 Å². The highest BCUT2D eigenvalue weighted by molar-refractivity contribution is 5.95. The quantitative estimate of drug-likeness (QED) is 0.910. The van der Waals surface area contributed by atoms with Crippen LogP contribution in [0.4, 0.5) is 0 Å². The van der Waals surface area contributed by atoms with Crippen LogP contribution in [0, 0.1) is 5.92 Å². The number of carboxylic acids is 1. The molecule has 0 saturated carbocycles. The molecule has 1 saturated heterocycles. The molecule has 1 aliphatic rings. The average Bonchev–Trinajstić information content (AvgIpc) is 3.05. The van der Waals surface area contributed by atoms with Crippen molar-refractivity contribution in [3.8, 4) is 0 Å². The number of hydrogen-bond acceptors (Lipinski definition) is 3. The standard InChI is InChI=1S/C17H21NO3/c1-2-5-12-8-9-18(10-12)11-14-13-6-3-4-7-15(13)21-16(14)17(19)20/h3-4,6-7,12H,2,5,8-11H2,1H3,(H,19,20). The lowest BCUT2D eigenvalue weighted by molar-refractivity contribution is 0.0662. The van der Waals surface area contributed by atoms with E-state index in [-0.39, 0.29) is 5.76 Å². The number of furan rings is 1. The van der Waals surface area contributed by atoms with Gasteiger partial charge in [-0.25, -0.2) is 4.79 Å². The first-order valence-corrected chi connectivity index (χ1v) is 7.65. The van der Waals surface area contributed by atoms with Gasteiger partial charge in [0, 0.05) is 24.0 Å². The van der Waals surface area contributed by atoms with Gasteiger partial charge in [-0.15, -0.1) is 0 Å². The molecule has 1 atom stereocenters. The van der Waals surface area contributed by atoms with Crippen molar-refractivity contribution in [3.05, 3.63) is 35.6 Å². The average molecular weight is 287 g/mol. The number of aromatic carboxylic acids is 1. The summed E-state index contributed by atoms with van der Waals surface area (Å²) in [7, 11) is 0. The number of para-hydroxylation sites is 1. The Morgan fingerprint density at radius 2 is 2.24 bits per heavy atom. The van der Waals surface area contributed by atoms with Crippen molar-refractivity contribution in [2.45, 2.75) is 32.7 Å². The zero-order chi connectivity index (χ0) is 14.8. The van der Waals surface area contributed by atoms with Gasteiger partial charge in [-0.05, 0) is 31.4 Å². The minimum Gasteiger partial charge on any atom is -0.475 e. The highest BCUT2D eigenvalue weighted by Crippen LogP contribution is 2.29. The van der Waals surface area contributed by atoms with Crippen molar-refractivity contribution in [1.82, 2.24) is 4.90 Å². The van der Waals surface area contributed by atoms with Crippen LogP contribution in [-0.4, -0.2) is 29.1 Å². The van der Waals surface area contributed by atoms with E-state index in [1.807, 2.05) is 24.3 Å². The first kappa shape index (κ1) is 14.1. The van der Waals surface area contributed by atoms with Crippen molar-refractivity contribution in [3.63, 3.8) is 0 Å². The Hall–Kier alpha value is -1.81. The van der Waals surface area contributed by atoms with Crippen molar-refractivity contribution in [1.29, 1.82) is 0 Å². The van der Waals surface area contributed by atoms with Gasteiger partial charge in [0.05, 0.1) is 0 Å². The molecular formula is C17H21NO3. The predicted molar refractivity (Wildman–Crippen MR) is 81.5 cm³/mol. The van der Waals surface area contributed by atoms with Gasteiger partial charge in [0.2, 0.25) is 5.76 Å². The van der Waals surface area contributed by atoms with Crippen LogP contribution >= 0.6 is 0 Å². The van der Waals surface area contributed by atoms with E-state index in [1.54, 1.807) is 0 Å². The zero-order valence-corrected chi connectivity index (χ0v) is 12.3. The van der Waals surface area contributed by atoms with Gasteiger partial charge in [-0.1, -0.05) is 31.5 Å². The number of hydrogen-bond donors (Lipinski definition) is 1. The molecule has 21 heavy (non-hydrogen) atoms. The summed E-state index contributed by atoms with van der Waals surface area (Å²) >= 11 is 0. The van der Waals surface area contributed by atoms with Crippen LogP contribution in [0.1, 0.15) is 42.3 Å². The Morgan fingerprint density at radius 3 is 3.00 bits per heavy atom. The Morgan fingerprint density at radius 1 is 1.43 bits per heavy atom. The van der Waals surface area contributed by atoms with Crippen LogP contribution < -0.4 is 0 Å². The van der Waals surface area contributed by atoms with E-state index in [2.05, 4.69) is 11.8 Å². The molecule has 0 radical (unpaired) electrons. The summed E-state index contributed by atoms with van der Waals surface area (Å²) in [6.45, 7) is 4.99. The van der Waals surface area contributed by atoms with Gasteiger partial charge in [0.25, 0.3) is 0 Å². The van der Waals surface area contributed by atoms with Crippen molar-refractivity contribution in [2.24, 2.45) is 5.92 Å². The zero-order valence-electron chi connectivity index (χ0n) is 12.3. The van der Waals surface area contributed by atoms with E-state index in [0.29, 0.717) is 12.1 Å². The molecule has 0 bridgehead atoms. The molecule has 0 aliphatic carbocycles. The van der Waals surface area contributed by atoms with E-state index in [4.69, 9.17) is 4.42 Å². The van der Waals surface area contributed by atoms with Crippen LogP contribution in [0.25, 0.3) is 11.0 Å². The summed E-state index contributed by atoms with van der Waals surface area (Å²) in [5, 5.41) is 10.3. The second-order valence-corrected chi connectivity index (χ2v) is 5.89. The second kappa shape index (κ2) is 5.90. The smallest absolute Gasteiger partial charge is 0.372 e. The largest absolute Gasteiger partial charge is 0.475 e. The van der Waals surface area contributed by atoms with E-state index in [1.165, 1.54) is 19.3 Å². The molecule has 2 heterocycles. The van der Waals surface area contributed by atoms with Crippen LogP contribution in [0.5, 0.6) is 0 Å². The third-order valence-electron chi connectivity index (χ3n) is 4.34. The maximum absolute atomic E-state index is 11.4. The maximum atomic E-state index is 11.4. The van der Waals surface area contributed by atoms with Gasteiger partial charge < -0.3 is 9.52 Å². The highest BCUT2D eigenvalue weighted by atomic mass is 16.4. The first-order valence-electron chi connectivity index (χ1n) is 7.65. The van der Waals surface area contributed by atoms with Crippen molar-refractivity contribution < 1.29 is 14.3 Å². The second-order valence-electron chi connectivity index (χ2n) is 5.89. The monoisotopic (exact) mass is 287 g/mol. The summed E-state index contributed by atoms with van der Waals surface area (Å²) in [4.78, 5) is 13.8. The predicted octanol–water partition coefficient (Wildman–Crippen LogP) is 3.75. The summed E-state index contributed by atoms with van der Waals surface area (Å²) in [5.41, 5.74) is 1.48. The van der Waals surface area contributed by atoms with Crippen molar-refractivity contribution in [2.75, 3.05) is 13.1 Å². The summed E-state index contributed by atoms with van der Waals surface area (Å²) in [6, 6.07) is 7.57. The number of likely N-dealkylation sites (tertiary alicyclic amines) is 1. The molecular weight excluding hydrogens is 266 g/mol.